The average Bonchev–Trinajstić information content (AvgIpc) is 2.46. The van der Waals surface area contributed by atoms with E-state index >= 15 is 0 Å². The zero-order valence-electron chi connectivity index (χ0n) is 10.0. The maximum absolute atomic E-state index is 12.2. The maximum Gasteiger partial charge on any atom is 0.278 e. The zero-order chi connectivity index (χ0) is 13.8. The summed E-state index contributed by atoms with van der Waals surface area (Å²) in [6, 6.07) is 11.9. The lowest BCUT2D eigenvalue weighted by atomic mass is 10.1. The number of para-hydroxylation sites is 1. The van der Waals surface area contributed by atoms with Crippen LogP contribution < -0.4 is 4.90 Å². The molecule has 0 atom stereocenters. The molecule has 1 amide bonds. The number of amides is 1. The van der Waals surface area contributed by atoms with Crippen LogP contribution in [0.4, 0.5) is 5.69 Å². The molecule has 0 bridgehead atoms. The molecule has 1 aromatic heterocycles. The van der Waals surface area contributed by atoms with Gasteiger partial charge in [-0.2, -0.15) is 5.26 Å². The van der Waals surface area contributed by atoms with Crippen molar-refractivity contribution in [2.45, 2.75) is 0 Å². The lowest BCUT2D eigenvalue weighted by Gasteiger charge is -2.17. The highest BCUT2D eigenvalue weighted by Gasteiger charge is 2.17. The molecule has 0 unspecified atom stereocenters. The minimum Gasteiger partial charge on any atom is -0.309 e. The van der Waals surface area contributed by atoms with E-state index in [9.17, 15) is 4.79 Å². The molecular formula is C13H9ClN4O. The molecule has 0 fully saturated rings. The normalized spacial score (nSPS) is 9.74. The first-order valence-electron chi connectivity index (χ1n) is 5.40. The fourth-order valence-electron chi connectivity index (χ4n) is 1.57. The number of anilines is 1. The van der Waals surface area contributed by atoms with Crippen LogP contribution >= 0.6 is 11.6 Å². The summed E-state index contributed by atoms with van der Waals surface area (Å²) in [6.45, 7) is 0. The Morgan fingerprint density at radius 2 is 2.00 bits per heavy atom. The Hall–Kier alpha value is -2.45. The van der Waals surface area contributed by atoms with E-state index in [4.69, 9.17) is 16.9 Å². The van der Waals surface area contributed by atoms with Crippen molar-refractivity contribution in [3.8, 4) is 6.07 Å². The van der Waals surface area contributed by atoms with Gasteiger partial charge in [0.2, 0.25) is 0 Å². The van der Waals surface area contributed by atoms with Crippen LogP contribution in [0.15, 0.2) is 36.4 Å². The van der Waals surface area contributed by atoms with E-state index in [1.807, 2.05) is 6.07 Å². The molecule has 0 spiro atoms. The summed E-state index contributed by atoms with van der Waals surface area (Å²) in [5.74, 6) is -0.355. The van der Waals surface area contributed by atoms with Crippen LogP contribution in [0.2, 0.25) is 5.15 Å². The van der Waals surface area contributed by atoms with Gasteiger partial charge in [-0.25, -0.2) is 0 Å². The second-order valence-electron chi connectivity index (χ2n) is 3.73. The molecule has 0 aliphatic carbocycles. The highest BCUT2D eigenvalue weighted by atomic mass is 35.5. The van der Waals surface area contributed by atoms with E-state index in [1.165, 1.54) is 17.0 Å². The van der Waals surface area contributed by atoms with Gasteiger partial charge in [0.25, 0.3) is 5.91 Å². The van der Waals surface area contributed by atoms with Gasteiger partial charge < -0.3 is 4.90 Å². The molecule has 1 heterocycles. The fraction of sp³-hybridized carbons (Fsp3) is 0.0769. The van der Waals surface area contributed by atoms with Crippen molar-refractivity contribution in [3.05, 3.63) is 52.8 Å². The monoisotopic (exact) mass is 272 g/mol. The summed E-state index contributed by atoms with van der Waals surface area (Å²) >= 11 is 5.62. The molecule has 94 valence electrons. The average molecular weight is 273 g/mol. The van der Waals surface area contributed by atoms with Crippen LogP contribution in [0.25, 0.3) is 0 Å². The number of aromatic nitrogens is 2. The summed E-state index contributed by atoms with van der Waals surface area (Å²) in [4.78, 5) is 13.6. The van der Waals surface area contributed by atoms with Crippen molar-refractivity contribution in [3.63, 3.8) is 0 Å². The maximum atomic E-state index is 12.2. The SMILES string of the molecule is CN(C(=O)c1ccc(Cl)nn1)c1ccccc1C#N. The minimum atomic E-state index is -0.355. The molecule has 0 aliphatic heterocycles. The van der Waals surface area contributed by atoms with Crippen molar-refractivity contribution in [2.75, 3.05) is 11.9 Å². The van der Waals surface area contributed by atoms with Crippen LogP contribution in [0.1, 0.15) is 16.1 Å². The summed E-state index contributed by atoms with van der Waals surface area (Å²) < 4.78 is 0. The zero-order valence-corrected chi connectivity index (χ0v) is 10.8. The van der Waals surface area contributed by atoms with Crippen LogP contribution in [-0.2, 0) is 0 Å². The Morgan fingerprint density at radius 1 is 1.26 bits per heavy atom. The van der Waals surface area contributed by atoms with Crippen molar-refractivity contribution in [1.29, 1.82) is 5.26 Å². The van der Waals surface area contributed by atoms with Gasteiger partial charge >= 0.3 is 0 Å². The number of hydrogen-bond donors (Lipinski definition) is 0. The van der Waals surface area contributed by atoms with E-state index in [0.717, 1.165) is 0 Å². The number of rotatable bonds is 2. The minimum absolute atomic E-state index is 0.166. The first-order valence-corrected chi connectivity index (χ1v) is 5.77. The Balaban J connectivity index is 2.34. The molecule has 0 saturated heterocycles. The van der Waals surface area contributed by atoms with E-state index in [-0.39, 0.29) is 16.8 Å². The fourth-order valence-corrected chi connectivity index (χ4v) is 1.67. The summed E-state index contributed by atoms with van der Waals surface area (Å²) in [5, 5.41) is 16.6. The number of nitriles is 1. The van der Waals surface area contributed by atoms with Gasteiger partial charge in [-0.15, -0.1) is 10.2 Å². The molecule has 2 aromatic rings. The smallest absolute Gasteiger partial charge is 0.278 e. The highest BCUT2D eigenvalue weighted by Crippen LogP contribution is 2.19. The van der Waals surface area contributed by atoms with Gasteiger partial charge in [0.05, 0.1) is 11.3 Å². The van der Waals surface area contributed by atoms with Crippen molar-refractivity contribution >= 4 is 23.2 Å². The molecule has 0 saturated carbocycles. The molecule has 0 N–H and O–H groups in total. The molecule has 19 heavy (non-hydrogen) atoms. The van der Waals surface area contributed by atoms with Gasteiger partial charge in [-0.1, -0.05) is 23.7 Å². The van der Waals surface area contributed by atoms with Crippen molar-refractivity contribution in [1.82, 2.24) is 10.2 Å². The van der Waals surface area contributed by atoms with Gasteiger partial charge in [-0.05, 0) is 24.3 Å². The number of hydrogen-bond acceptors (Lipinski definition) is 4. The number of benzene rings is 1. The number of nitrogens with zero attached hydrogens (tertiary/aromatic N) is 4. The predicted molar refractivity (Wildman–Crippen MR) is 70.9 cm³/mol. The molecule has 6 heteroatoms. The third-order valence-electron chi connectivity index (χ3n) is 2.54. The molecular weight excluding hydrogens is 264 g/mol. The van der Waals surface area contributed by atoms with Gasteiger partial charge in [-0.3, -0.25) is 4.79 Å². The molecule has 0 aliphatic rings. The Morgan fingerprint density at radius 3 is 2.63 bits per heavy atom. The van der Waals surface area contributed by atoms with Crippen molar-refractivity contribution in [2.24, 2.45) is 0 Å². The van der Waals surface area contributed by atoms with Crippen LogP contribution in [0.5, 0.6) is 0 Å². The largest absolute Gasteiger partial charge is 0.309 e. The molecule has 5 nitrogen and oxygen atoms in total. The number of carbonyl (C=O) groups excluding carboxylic acids is 1. The summed E-state index contributed by atoms with van der Waals surface area (Å²) in [6.07, 6.45) is 0. The van der Waals surface area contributed by atoms with Crippen LogP contribution in [0, 0.1) is 11.3 Å². The van der Waals surface area contributed by atoms with Gasteiger partial charge in [0.1, 0.15) is 6.07 Å². The third-order valence-corrected chi connectivity index (χ3v) is 2.74. The first-order chi connectivity index (χ1) is 9.13. The van der Waals surface area contributed by atoms with Gasteiger partial charge in [0.15, 0.2) is 10.8 Å². The second-order valence-corrected chi connectivity index (χ2v) is 4.12. The Kier molecular flexibility index (Phi) is 3.74. The van der Waals surface area contributed by atoms with Gasteiger partial charge in [0, 0.05) is 7.05 Å². The van der Waals surface area contributed by atoms with E-state index in [1.54, 1.807) is 31.3 Å². The van der Waals surface area contributed by atoms with E-state index in [2.05, 4.69) is 10.2 Å². The van der Waals surface area contributed by atoms with E-state index in [0.29, 0.717) is 11.3 Å². The van der Waals surface area contributed by atoms with Crippen molar-refractivity contribution < 1.29 is 4.79 Å². The topological polar surface area (TPSA) is 69.9 Å². The number of halogens is 1. The summed E-state index contributed by atoms with van der Waals surface area (Å²) in [5.41, 5.74) is 1.10. The van der Waals surface area contributed by atoms with E-state index < -0.39 is 0 Å². The second kappa shape index (κ2) is 5.46. The Bertz CT molecular complexity index is 648. The standard InChI is InChI=1S/C13H9ClN4O/c1-18(11-5-3-2-4-9(11)8-15)13(19)10-6-7-12(14)17-16-10/h2-7H,1H3. The molecule has 0 radical (unpaired) electrons. The highest BCUT2D eigenvalue weighted by molar-refractivity contribution is 6.29. The molecule has 1 aromatic carbocycles. The third kappa shape index (κ3) is 2.69. The van der Waals surface area contributed by atoms with Crippen LogP contribution in [0.3, 0.4) is 0 Å². The summed E-state index contributed by atoms with van der Waals surface area (Å²) in [7, 11) is 1.58. The lowest BCUT2D eigenvalue weighted by Crippen LogP contribution is -2.28. The van der Waals surface area contributed by atoms with Crippen LogP contribution in [-0.4, -0.2) is 23.2 Å². The first kappa shape index (κ1) is 13.0. The molecule has 2 rings (SSSR count). The predicted octanol–water partition coefficient (Wildman–Crippen LogP) is 2.28. The quantitative estimate of drug-likeness (QED) is 0.841. The lowest BCUT2D eigenvalue weighted by molar-refractivity contribution is 0.0987. The number of carbonyl (C=O) groups is 1. The Labute approximate surface area is 115 Å².